The average Bonchev–Trinajstić information content (AvgIpc) is 2.75. The molecular formula is C11H22N2O2. The van der Waals surface area contributed by atoms with E-state index in [-0.39, 0.29) is 17.9 Å². The van der Waals surface area contributed by atoms with Gasteiger partial charge in [0.25, 0.3) is 0 Å². The van der Waals surface area contributed by atoms with Gasteiger partial charge in [-0.3, -0.25) is 4.79 Å². The molecule has 2 N–H and O–H groups in total. The van der Waals surface area contributed by atoms with Crippen LogP contribution in [0.25, 0.3) is 0 Å². The number of nitrogens with one attached hydrogen (secondary N) is 2. The molecule has 0 saturated carbocycles. The molecule has 4 heteroatoms. The van der Waals surface area contributed by atoms with E-state index in [2.05, 4.69) is 10.6 Å². The topological polar surface area (TPSA) is 50.4 Å². The van der Waals surface area contributed by atoms with Gasteiger partial charge in [0.05, 0.1) is 12.0 Å². The fourth-order valence-electron chi connectivity index (χ4n) is 1.83. The van der Waals surface area contributed by atoms with Crippen molar-refractivity contribution in [3.63, 3.8) is 0 Å². The largest absolute Gasteiger partial charge is 0.376 e. The molecule has 0 aliphatic carbocycles. The first-order valence-electron chi connectivity index (χ1n) is 5.81. The van der Waals surface area contributed by atoms with E-state index in [0.717, 1.165) is 32.4 Å². The molecule has 0 bridgehead atoms. The Bertz CT molecular complexity index is 191. The summed E-state index contributed by atoms with van der Waals surface area (Å²) in [5, 5.41) is 5.99. The van der Waals surface area contributed by atoms with E-state index in [1.807, 2.05) is 14.0 Å². The van der Waals surface area contributed by atoms with Crippen molar-refractivity contribution in [1.82, 2.24) is 10.6 Å². The van der Waals surface area contributed by atoms with E-state index < -0.39 is 0 Å². The van der Waals surface area contributed by atoms with E-state index in [1.54, 1.807) is 0 Å². The maximum Gasteiger partial charge on any atom is 0.224 e. The Labute approximate surface area is 91.8 Å². The van der Waals surface area contributed by atoms with Crippen LogP contribution in [0.2, 0.25) is 0 Å². The lowest BCUT2D eigenvalue weighted by atomic mass is 10.1. The van der Waals surface area contributed by atoms with Crippen molar-refractivity contribution in [2.45, 2.75) is 32.3 Å². The third kappa shape index (κ3) is 4.18. The normalized spacial score (nSPS) is 22.7. The van der Waals surface area contributed by atoms with Crippen LogP contribution >= 0.6 is 0 Å². The van der Waals surface area contributed by atoms with Crippen LogP contribution in [0.1, 0.15) is 26.2 Å². The van der Waals surface area contributed by atoms with Gasteiger partial charge in [-0.25, -0.2) is 0 Å². The van der Waals surface area contributed by atoms with Crippen LogP contribution in [0, 0.1) is 5.92 Å². The summed E-state index contributed by atoms with van der Waals surface area (Å²) in [6.45, 7) is 4.29. The van der Waals surface area contributed by atoms with Gasteiger partial charge in [0.2, 0.25) is 5.91 Å². The van der Waals surface area contributed by atoms with E-state index in [1.165, 1.54) is 0 Å². The van der Waals surface area contributed by atoms with E-state index >= 15 is 0 Å². The average molecular weight is 214 g/mol. The molecule has 1 fully saturated rings. The molecule has 0 radical (unpaired) electrons. The Hall–Kier alpha value is -0.610. The minimum atomic E-state index is 0.0800. The van der Waals surface area contributed by atoms with Gasteiger partial charge in [-0.15, -0.1) is 0 Å². The Kier molecular flexibility index (Phi) is 5.65. The molecule has 1 heterocycles. The minimum Gasteiger partial charge on any atom is -0.376 e. The zero-order chi connectivity index (χ0) is 11.1. The van der Waals surface area contributed by atoms with Gasteiger partial charge in [0.15, 0.2) is 0 Å². The molecule has 2 atom stereocenters. The van der Waals surface area contributed by atoms with Crippen LogP contribution in [-0.2, 0) is 9.53 Å². The van der Waals surface area contributed by atoms with Gasteiger partial charge in [0.1, 0.15) is 0 Å². The van der Waals surface area contributed by atoms with Gasteiger partial charge in [-0.2, -0.15) is 0 Å². The lowest BCUT2D eigenvalue weighted by Crippen LogP contribution is -2.39. The standard InChI is InChI=1S/C11H22N2O2/c1-3-9(7-12-2)11(14)13-8-10-5-4-6-15-10/h9-10,12H,3-8H2,1-2H3,(H,13,14). The first kappa shape index (κ1) is 12.5. The maximum absolute atomic E-state index is 11.7. The Morgan fingerprint density at radius 2 is 2.40 bits per heavy atom. The Morgan fingerprint density at radius 3 is 2.93 bits per heavy atom. The lowest BCUT2D eigenvalue weighted by Gasteiger charge is -2.16. The second-order valence-electron chi connectivity index (χ2n) is 4.04. The fourth-order valence-corrected chi connectivity index (χ4v) is 1.83. The number of amides is 1. The van der Waals surface area contributed by atoms with E-state index in [4.69, 9.17) is 4.74 Å². The first-order chi connectivity index (χ1) is 7.27. The zero-order valence-electron chi connectivity index (χ0n) is 9.71. The Balaban J connectivity index is 2.20. The molecule has 0 aromatic carbocycles. The number of hydrogen-bond donors (Lipinski definition) is 2. The summed E-state index contributed by atoms with van der Waals surface area (Å²) in [5.74, 6) is 0.221. The molecule has 2 unspecified atom stereocenters. The molecule has 1 amide bonds. The van der Waals surface area contributed by atoms with Crippen LogP contribution in [-0.4, -0.2) is 38.8 Å². The summed E-state index contributed by atoms with van der Waals surface area (Å²) in [4.78, 5) is 11.7. The minimum absolute atomic E-state index is 0.0800. The van der Waals surface area contributed by atoms with Crippen molar-refractivity contribution < 1.29 is 9.53 Å². The predicted molar refractivity (Wildman–Crippen MR) is 59.7 cm³/mol. The molecule has 1 aliphatic heterocycles. The highest BCUT2D eigenvalue weighted by molar-refractivity contribution is 5.78. The molecule has 88 valence electrons. The van der Waals surface area contributed by atoms with Gasteiger partial charge in [-0.05, 0) is 26.3 Å². The van der Waals surface area contributed by atoms with Crippen LogP contribution in [0.3, 0.4) is 0 Å². The third-order valence-electron chi connectivity index (χ3n) is 2.84. The van der Waals surface area contributed by atoms with Crippen molar-refractivity contribution in [1.29, 1.82) is 0 Å². The molecule has 0 aromatic rings. The van der Waals surface area contributed by atoms with Crippen LogP contribution in [0.15, 0.2) is 0 Å². The highest BCUT2D eigenvalue weighted by Crippen LogP contribution is 2.11. The van der Waals surface area contributed by atoms with E-state index in [9.17, 15) is 4.79 Å². The number of carbonyl (C=O) groups is 1. The second kappa shape index (κ2) is 6.80. The third-order valence-corrected chi connectivity index (χ3v) is 2.84. The lowest BCUT2D eigenvalue weighted by molar-refractivity contribution is -0.125. The monoisotopic (exact) mass is 214 g/mol. The first-order valence-corrected chi connectivity index (χ1v) is 5.81. The fraction of sp³-hybridized carbons (Fsp3) is 0.909. The molecule has 0 aromatic heterocycles. The summed E-state index contributed by atoms with van der Waals surface area (Å²) in [7, 11) is 1.87. The van der Waals surface area contributed by atoms with Crippen LogP contribution < -0.4 is 10.6 Å². The summed E-state index contributed by atoms with van der Waals surface area (Å²) >= 11 is 0. The molecule has 1 rings (SSSR count). The SMILES string of the molecule is CCC(CNC)C(=O)NCC1CCCO1. The van der Waals surface area contributed by atoms with Crippen molar-refractivity contribution in [3.05, 3.63) is 0 Å². The number of ether oxygens (including phenoxy) is 1. The summed E-state index contributed by atoms with van der Waals surface area (Å²) in [6.07, 6.45) is 3.30. The van der Waals surface area contributed by atoms with Gasteiger partial charge in [0, 0.05) is 19.7 Å². The zero-order valence-corrected chi connectivity index (χ0v) is 9.71. The molecule has 0 spiro atoms. The van der Waals surface area contributed by atoms with Crippen molar-refractivity contribution in [2.24, 2.45) is 5.92 Å². The van der Waals surface area contributed by atoms with Crippen molar-refractivity contribution in [2.75, 3.05) is 26.7 Å². The number of carbonyl (C=O) groups excluding carboxylic acids is 1. The smallest absolute Gasteiger partial charge is 0.224 e. The van der Waals surface area contributed by atoms with Gasteiger partial charge >= 0.3 is 0 Å². The number of hydrogen-bond acceptors (Lipinski definition) is 3. The summed E-state index contributed by atoms with van der Waals surface area (Å²) in [6, 6.07) is 0. The highest BCUT2D eigenvalue weighted by Gasteiger charge is 2.19. The molecule has 4 nitrogen and oxygen atoms in total. The number of rotatable bonds is 6. The Morgan fingerprint density at radius 1 is 1.60 bits per heavy atom. The molecule has 15 heavy (non-hydrogen) atoms. The molecule has 1 saturated heterocycles. The van der Waals surface area contributed by atoms with Gasteiger partial charge in [-0.1, -0.05) is 6.92 Å². The van der Waals surface area contributed by atoms with E-state index in [0.29, 0.717) is 6.54 Å². The molecule has 1 aliphatic rings. The second-order valence-corrected chi connectivity index (χ2v) is 4.04. The van der Waals surface area contributed by atoms with Crippen LogP contribution in [0.4, 0.5) is 0 Å². The maximum atomic E-state index is 11.7. The van der Waals surface area contributed by atoms with Crippen LogP contribution in [0.5, 0.6) is 0 Å². The molecular weight excluding hydrogens is 192 g/mol. The van der Waals surface area contributed by atoms with Gasteiger partial charge < -0.3 is 15.4 Å². The summed E-state index contributed by atoms with van der Waals surface area (Å²) < 4.78 is 5.45. The van der Waals surface area contributed by atoms with Crippen molar-refractivity contribution in [3.8, 4) is 0 Å². The highest BCUT2D eigenvalue weighted by atomic mass is 16.5. The van der Waals surface area contributed by atoms with Crippen molar-refractivity contribution >= 4 is 5.91 Å². The quantitative estimate of drug-likeness (QED) is 0.678. The predicted octanol–water partition coefficient (Wildman–Crippen LogP) is 0.527. The summed E-state index contributed by atoms with van der Waals surface area (Å²) in [5.41, 5.74) is 0.